The highest BCUT2D eigenvalue weighted by Crippen LogP contribution is 2.31. The minimum absolute atomic E-state index is 0.0211. The SMILES string of the molecule is CNc1ccc(C(F)(F)F)cc1C(=O)NC(C)(C)C. The van der Waals surface area contributed by atoms with E-state index in [9.17, 15) is 18.0 Å². The van der Waals surface area contributed by atoms with Gasteiger partial charge in [0.2, 0.25) is 0 Å². The van der Waals surface area contributed by atoms with Gasteiger partial charge in [-0.2, -0.15) is 13.2 Å². The molecule has 0 radical (unpaired) electrons. The molecule has 0 aliphatic carbocycles. The van der Waals surface area contributed by atoms with E-state index in [1.165, 1.54) is 6.07 Å². The van der Waals surface area contributed by atoms with E-state index < -0.39 is 23.2 Å². The maximum absolute atomic E-state index is 12.7. The molecule has 6 heteroatoms. The van der Waals surface area contributed by atoms with E-state index in [2.05, 4.69) is 10.6 Å². The van der Waals surface area contributed by atoms with Gasteiger partial charge in [-0.25, -0.2) is 0 Å². The maximum atomic E-state index is 12.7. The van der Waals surface area contributed by atoms with E-state index in [1.807, 2.05) is 0 Å². The summed E-state index contributed by atoms with van der Waals surface area (Å²) < 4.78 is 38.0. The summed E-state index contributed by atoms with van der Waals surface area (Å²) >= 11 is 0. The third-order valence-electron chi connectivity index (χ3n) is 2.35. The zero-order chi connectivity index (χ0) is 14.8. The van der Waals surface area contributed by atoms with Crippen molar-refractivity contribution in [3.05, 3.63) is 29.3 Å². The van der Waals surface area contributed by atoms with Crippen molar-refractivity contribution in [1.29, 1.82) is 0 Å². The molecule has 0 spiro atoms. The number of halogens is 3. The van der Waals surface area contributed by atoms with Gasteiger partial charge in [-0.05, 0) is 39.0 Å². The molecule has 0 aliphatic heterocycles. The number of amides is 1. The third kappa shape index (κ3) is 4.15. The largest absolute Gasteiger partial charge is 0.416 e. The van der Waals surface area contributed by atoms with Gasteiger partial charge in [0.05, 0.1) is 11.1 Å². The highest BCUT2D eigenvalue weighted by Gasteiger charge is 2.32. The first-order valence-electron chi connectivity index (χ1n) is 5.76. The number of carbonyl (C=O) groups excluding carboxylic acids is 1. The lowest BCUT2D eigenvalue weighted by Crippen LogP contribution is -2.40. The molecule has 1 amide bonds. The van der Waals surface area contributed by atoms with E-state index in [4.69, 9.17) is 0 Å². The number of nitrogens with one attached hydrogen (secondary N) is 2. The number of benzene rings is 1. The molecular weight excluding hydrogens is 257 g/mol. The Kier molecular flexibility index (Phi) is 4.12. The van der Waals surface area contributed by atoms with Crippen LogP contribution in [0.3, 0.4) is 0 Å². The van der Waals surface area contributed by atoms with Crippen LogP contribution in [0.2, 0.25) is 0 Å². The second kappa shape index (κ2) is 5.11. The van der Waals surface area contributed by atoms with Gasteiger partial charge in [-0.3, -0.25) is 4.79 Å². The molecule has 0 unspecified atom stereocenters. The Labute approximate surface area is 110 Å². The van der Waals surface area contributed by atoms with Gasteiger partial charge in [0.1, 0.15) is 0 Å². The van der Waals surface area contributed by atoms with Gasteiger partial charge >= 0.3 is 6.18 Å². The zero-order valence-electron chi connectivity index (χ0n) is 11.3. The lowest BCUT2D eigenvalue weighted by atomic mass is 10.0. The summed E-state index contributed by atoms with van der Waals surface area (Å²) in [6.07, 6.45) is -4.47. The first-order valence-corrected chi connectivity index (χ1v) is 5.76. The molecule has 0 aromatic heterocycles. The number of rotatable bonds is 2. The molecule has 19 heavy (non-hydrogen) atoms. The zero-order valence-corrected chi connectivity index (χ0v) is 11.3. The molecule has 0 atom stereocenters. The fourth-order valence-corrected chi connectivity index (χ4v) is 1.53. The molecule has 0 heterocycles. The van der Waals surface area contributed by atoms with Crippen LogP contribution in [-0.4, -0.2) is 18.5 Å². The van der Waals surface area contributed by atoms with Crippen LogP contribution in [0.1, 0.15) is 36.7 Å². The molecule has 0 saturated carbocycles. The van der Waals surface area contributed by atoms with Crippen molar-refractivity contribution < 1.29 is 18.0 Å². The summed E-state index contributed by atoms with van der Waals surface area (Å²) in [6.45, 7) is 5.28. The highest BCUT2D eigenvalue weighted by molar-refractivity contribution is 6.00. The Morgan fingerprint density at radius 2 is 1.74 bits per heavy atom. The van der Waals surface area contributed by atoms with Crippen LogP contribution in [0.5, 0.6) is 0 Å². The van der Waals surface area contributed by atoms with Gasteiger partial charge in [-0.15, -0.1) is 0 Å². The number of hydrogen-bond acceptors (Lipinski definition) is 2. The van der Waals surface area contributed by atoms with E-state index in [0.29, 0.717) is 5.69 Å². The average Bonchev–Trinajstić information content (AvgIpc) is 2.24. The van der Waals surface area contributed by atoms with Crippen LogP contribution in [0.4, 0.5) is 18.9 Å². The van der Waals surface area contributed by atoms with Crippen LogP contribution in [-0.2, 0) is 6.18 Å². The quantitative estimate of drug-likeness (QED) is 0.869. The lowest BCUT2D eigenvalue weighted by Gasteiger charge is -2.22. The van der Waals surface area contributed by atoms with Gasteiger partial charge in [0.15, 0.2) is 0 Å². The Morgan fingerprint density at radius 1 is 1.16 bits per heavy atom. The molecule has 1 rings (SSSR count). The Balaban J connectivity index is 3.20. The van der Waals surface area contributed by atoms with Crippen LogP contribution >= 0.6 is 0 Å². The molecule has 0 fully saturated rings. The van der Waals surface area contributed by atoms with Crippen molar-refractivity contribution in [2.45, 2.75) is 32.5 Å². The van der Waals surface area contributed by atoms with Crippen LogP contribution in [0.25, 0.3) is 0 Å². The number of hydrogen-bond donors (Lipinski definition) is 2. The second-order valence-electron chi connectivity index (χ2n) is 5.21. The predicted molar refractivity (Wildman–Crippen MR) is 68.2 cm³/mol. The van der Waals surface area contributed by atoms with E-state index in [-0.39, 0.29) is 5.56 Å². The van der Waals surface area contributed by atoms with Gasteiger partial charge < -0.3 is 10.6 Å². The van der Waals surface area contributed by atoms with Crippen molar-refractivity contribution in [1.82, 2.24) is 5.32 Å². The lowest BCUT2D eigenvalue weighted by molar-refractivity contribution is -0.137. The van der Waals surface area contributed by atoms with Gasteiger partial charge in [0.25, 0.3) is 5.91 Å². The molecule has 3 nitrogen and oxygen atoms in total. The van der Waals surface area contributed by atoms with Crippen LogP contribution in [0, 0.1) is 0 Å². The number of anilines is 1. The van der Waals surface area contributed by atoms with Crippen LogP contribution in [0.15, 0.2) is 18.2 Å². The second-order valence-corrected chi connectivity index (χ2v) is 5.21. The summed E-state index contributed by atoms with van der Waals surface area (Å²) in [6, 6.07) is 3.05. The topological polar surface area (TPSA) is 41.1 Å². The fourth-order valence-electron chi connectivity index (χ4n) is 1.53. The van der Waals surface area contributed by atoms with Crippen molar-refractivity contribution in [3.8, 4) is 0 Å². The highest BCUT2D eigenvalue weighted by atomic mass is 19.4. The van der Waals surface area contributed by atoms with Gasteiger partial charge in [-0.1, -0.05) is 0 Å². The molecule has 0 saturated heterocycles. The third-order valence-corrected chi connectivity index (χ3v) is 2.35. The Morgan fingerprint density at radius 3 is 2.16 bits per heavy atom. The fraction of sp³-hybridized carbons (Fsp3) is 0.462. The summed E-state index contributed by atoms with van der Waals surface area (Å²) in [7, 11) is 1.55. The summed E-state index contributed by atoms with van der Waals surface area (Å²) in [5.74, 6) is -0.539. The molecule has 0 aliphatic rings. The monoisotopic (exact) mass is 274 g/mol. The van der Waals surface area contributed by atoms with Crippen molar-refractivity contribution in [2.75, 3.05) is 12.4 Å². The van der Waals surface area contributed by atoms with Crippen molar-refractivity contribution in [2.24, 2.45) is 0 Å². The Bertz CT molecular complexity index is 476. The summed E-state index contributed by atoms with van der Waals surface area (Å²) in [4.78, 5) is 12.0. The smallest absolute Gasteiger partial charge is 0.387 e. The Hall–Kier alpha value is -1.72. The van der Waals surface area contributed by atoms with E-state index >= 15 is 0 Å². The maximum Gasteiger partial charge on any atom is 0.416 e. The summed E-state index contributed by atoms with van der Waals surface area (Å²) in [5, 5.41) is 5.36. The molecular formula is C13H17F3N2O. The molecule has 2 N–H and O–H groups in total. The summed E-state index contributed by atoms with van der Waals surface area (Å²) in [5.41, 5.74) is -1.02. The normalized spacial score (nSPS) is 12.2. The minimum atomic E-state index is -4.47. The molecule has 106 valence electrons. The molecule has 0 bridgehead atoms. The van der Waals surface area contributed by atoms with Crippen molar-refractivity contribution in [3.63, 3.8) is 0 Å². The van der Waals surface area contributed by atoms with Gasteiger partial charge in [0, 0.05) is 18.3 Å². The van der Waals surface area contributed by atoms with E-state index in [1.54, 1.807) is 27.8 Å². The molecule has 1 aromatic rings. The van der Waals surface area contributed by atoms with Crippen LogP contribution < -0.4 is 10.6 Å². The first-order chi connectivity index (χ1) is 8.54. The molecule has 1 aromatic carbocycles. The van der Waals surface area contributed by atoms with Crippen molar-refractivity contribution >= 4 is 11.6 Å². The predicted octanol–water partition coefficient (Wildman–Crippen LogP) is 3.28. The first kappa shape index (κ1) is 15.3. The standard InChI is InChI=1S/C13H17F3N2O/c1-12(2,3)18-11(19)9-7-8(13(14,15)16)5-6-10(9)17-4/h5-7,17H,1-4H3,(H,18,19). The number of carbonyl (C=O) groups is 1. The van der Waals surface area contributed by atoms with E-state index in [0.717, 1.165) is 12.1 Å². The minimum Gasteiger partial charge on any atom is -0.387 e. The average molecular weight is 274 g/mol. The number of alkyl halides is 3.